The molecule has 0 aliphatic carbocycles. The lowest BCUT2D eigenvalue weighted by Crippen LogP contribution is -2.34. The fourth-order valence-corrected chi connectivity index (χ4v) is 2.88. The van der Waals surface area contributed by atoms with Crippen molar-refractivity contribution in [1.82, 2.24) is 20.4 Å². The van der Waals surface area contributed by atoms with Gasteiger partial charge in [0.1, 0.15) is 16.6 Å². The number of hydrogen-bond acceptors (Lipinski definition) is 4. The highest BCUT2D eigenvalue weighted by Gasteiger charge is 2.20. The van der Waals surface area contributed by atoms with Crippen LogP contribution in [0.4, 0.5) is 9.18 Å². The SMILES string of the molecule is Cc1nn(Cc2ccc(F)cc2)c(Cl)c1C(=O)NCCCNC(=O)OC(C)(C)C. The van der Waals surface area contributed by atoms with Crippen molar-refractivity contribution in [2.45, 2.75) is 46.3 Å². The van der Waals surface area contributed by atoms with E-state index in [0.29, 0.717) is 37.3 Å². The molecule has 0 bridgehead atoms. The number of alkyl carbamates (subject to hydrolysis) is 1. The molecule has 2 aromatic rings. The van der Waals surface area contributed by atoms with E-state index in [9.17, 15) is 14.0 Å². The summed E-state index contributed by atoms with van der Waals surface area (Å²) in [6, 6.07) is 6.00. The van der Waals surface area contributed by atoms with Crippen LogP contribution in [0, 0.1) is 12.7 Å². The number of halogens is 2. The third-order valence-electron chi connectivity index (χ3n) is 3.85. The van der Waals surface area contributed by atoms with Gasteiger partial charge in [-0.3, -0.25) is 4.79 Å². The predicted molar refractivity (Wildman–Crippen MR) is 109 cm³/mol. The van der Waals surface area contributed by atoms with E-state index in [4.69, 9.17) is 16.3 Å². The molecule has 1 heterocycles. The number of aryl methyl sites for hydroxylation is 1. The van der Waals surface area contributed by atoms with Gasteiger partial charge in [-0.1, -0.05) is 23.7 Å². The van der Waals surface area contributed by atoms with Gasteiger partial charge in [0.2, 0.25) is 0 Å². The van der Waals surface area contributed by atoms with Gasteiger partial charge < -0.3 is 15.4 Å². The Kier molecular flexibility index (Phi) is 7.61. The molecule has 2 rings (SSSR count). The van der Waals surface area contributed by atoms with Crippen LogP contribution < -0.4 is 10.6 Å². The number of benzene rings is 1. The van der Waals surface area contributed by atoms with Crippen LogP contribution in [0.3, 0.4) is 0 Å². The lowest BCUT2D eigenvalue weighted by atomic mass is 10.2. The van der Waals surface area contributed by atoms with Crippen LogP contribution in [0.2, 0.25) is 5.15 Å². The Labute approximate surface area is 174 Å². The van der Waals surface area contributed by atoms with E-state index in [-0.39, 0.29) is 16.9 Å². The van der Waals surface area contributed by atoms with E-state index in [1.807, 2.05) is 0 Å². The third kappa shape index (κ3) is 7.05. The molecule has 0 radical (unpaired) electrons. The fourth-order valence-electron chi connectivity index (χ4n) is 2.56. The van der Waals surface area contributed by atoms with Crippen molar-refractivity contribution >= 4 is 23.6 Å². The molecule has 158 valence electrons. The van der Waals surface area contributed by atoms with Gasteiger partial charge in [-0.2, -0.15) is 5.10 Å². The van der Waals surface area contributed by atoms with Crippen LogP contribution in [0.1, 0.15) is 48.8 Å². The van der Waals surface area contributed by atoms with Crippen molar-refractivity contribution < 1.29 is 18.7 Å². The number of carbonyl (C=O) groups excluding carboxylic acids is 2. The number of ether oxygens (including phenoxy) is 1. The number of aromatic nitrogens is 2. The zero-order valence-electron chi connectivity index (χ0n) is 17.0. The van der Waals surface area contributed by atoms with Crippen molar-refractivity contribution in [2.24, 2.45) is 0 Å². The van der Waals surface area contributed by atoms with Gasteiger partial charge >= 0.3 is 6.09 Å². The summed E-state index contributed by atoms with van der Waals surface area (Å²) in [4.78, 5) is 24.0. The molecule has 9 heteroatoms. The molecule has 0 atom stereocenters. The number of hydrogen-bond donors (Lipinski definition) is 2. The summed E-state index contributed by atoms with van der Waals surface area (Å²) in [5, 5.41) is 9.92. The fraction of sp³-hybridized carbons (Fsp3) is 0.450. The minimum absolute atomic E-state index is 0.219. The van der Waals surface area contributed by atoms with Crippen LogP contribution in [0.5, 0.6) is 0 Å². The summed E-state index contributed by atoms with van der Waals surface area (Å²) in [6.45, 7) is 8.11. The molecular weight excluding hydrogens is 399 g/mol. The van der Waals surface area contributed by atoms with Crippen molar-refractivity contribution in [2.75, 3.05) is 13.1 Å². The van der Waals surface area contributed by atoms with Crippen LogP contribution in [0.25, 0.3) is 0 Å². The van der Waals surface area contributed by atoms with Gasteiger partial charge in [-0.15, -0.1) is 0 Å². The second-order valence-electron chi connectivity index (χ2n) is 7.57. The van der Waals surface area contributed by atoms with E-state index in [1.165, 1.54) is 16.8 Å². The molecule has 0 saturated heterocycles. The molecule has 0 fully saturated rings. The van der Waals surface area contributed by atoms with Gasteiger partial charge in [0.25, 0.3) is 5.91 Å². The molecule has 0 saturated carbocycles. The average Bonchev–Trinajstić information content (AvgIpc) is 2.88. The van der Waals surface area contributed by atoms with E-state index >= 15 is 0 Å². The van der Waals surface area contributed by atoms with Gasteiger partial charge in [0.15, 0.2) is 0 Å². The molecule has 29 heavy (non-hydrogen) atoms. The summed E-state index contributed by atoms with van der Waals surface area (Å²) in [5.41, 5.74) is 1.06. The van der Waals surface area contributed by atoms with Crippen molar-refractivity contribution in [1.29, 1.82) is 0 Å². The molecule has 2 amide bonds. The maximum atomic E-state index is 13.0. The predicted octanol–water partition coefficient (Wildman–Crippen LogP) is 3.68. The maximum Gasteiger partial charge on any atom is 0.407 e. The summed E-state index contributed by atoms with van der Waals surface area (Å²) in [7, 11) is 0. The van der Waals surface area contributed by atoms with Crippen LogP contribution >= 0.6 is 11.6 Å². The molecule has 0 aliphatic heterocycles. The smallest absolute Gasteiger partial charge is 0.407 e. The number of rotatable bonds is 7. The van der Waals surface area contributed by atoms with Gasteiger partial charge in [0, 0.05) is 13.1 Å². The number of amides is 2. The zero-order chi connectivity index (χ0) is 21.6. The summed E-state index contributed by atoms with van der Waals surface area (Å²) >= 11 is 6.34. The summed E-state index contributed by atoms with van der Waals surface area (Å²) < 4.78 is 19.7. The Hall–Kier alpha value is -2.61. The summed E-state index contributed by atoms with van der Waals surface area (Å²) in [6.07, 6.45) is 0.0375. The lowest BCUT2D eigenvalue weighted by Gasteiger charge is -2.19. The highest BCUT2D eigenvalue weighted by Crippen LogP contribution is 2.21. The molecular formula is C20H26ClFN4O3. The molecule has 1 aromatic carbocycles. The van der Waals surface area contributed by atoms with Crippen molar-refractivity contribution in [3.63, 3.8) is 0 Å². The van der Waals surface area contributed by atoms with Gasteiger partial charge in [0.05, 0.1) is 17.8 Å². The van der Waals surface area contributed by atoms with E-state index < -0.39 is 11.7 Å². The standard InChI is InChI=1S/C20H26ClFN4O3/c1-13-16(17(21)26(25-13)12-14-6-8-15(22)9-7-14)18(27)23-10-5-11-24-19(28)29-20(2,3)4/h6-9H,5,10-12H2,1-4H3,(H,23,27)(H,24,28). The Balaban J connectivity index is 1.85. The lowest BCUT2D eigenvalue weighted by molar-refractivity contribution is 0.0527. The monoisotopic (exact) mass is 424 g/mol. The molecule has 2 N–H and O–H groups in total. The second kappa shape index (κ2) is 9.73. The average molecular weight is 425 g/mol. The van der Waals surface area contributed by atoms with E-state index in [1.54, 1.807) is 39.8 Å². The molecule has 1 aromatic heterocycles. The Morgan fingerprint density at radius 1 is 1.17 bits per heavy atom. The maximum absolute atomic E-state index is 13.0. The zero-order valence-corrected chi connectivity index (χ0v) is 17.8. The molecule has 0 aliphatic rings. The molecule has 0 spiro atoms. The molecule has 0 unspecified atom stereocenters. The van der Waals surface area contributed by atoms with Crippen molar-refractivity contribution in [3.05, 3.63) is 52.1 Å². The highest BCUT2D eigenvalue weighted by molar-refractivity contribution is 6.33. The Bertz CT molecular complexity index is 860. The van der Waals surface area contributed by atoms with Crippen molar-refractivity contribution in [3.8, 4) is 0 Å². The van der Waals surface area contributed by atoms with Crippen LogP contribution in [0.15, 0.2) is 24.3 Å². The van der Waals surface area contributed by atoms with Gasteiger partial charge in [-0.25, -0.2) is 13.9 Å². The Morgan fingerprint density at radius 2 is 1.79 bits per heavy atom. The number of carbonyl (C=O) groups is 2. The topological polar surface area (TPSA) is 85.3 Å². The normalized spacial score (nSPS) is 11.2. The van der Waals surface area contributed by atoms with E-state index in [2.05, 4.69) is 15.7 Å². The van der Waals surface area contributed by atoms with Gasteiger partial charge in [-0.05, 0) is 51.8 Å². The minimum atomic E-state index is -0.555. The Morgan fingerprint density at radius 3 is 2.41 bits per heavy atom. The first kappa shape index (κ1) is 22.7. The first-order chi connectivity index (χ1) is 13.6. The second-order valence-corrected chi connectivity index (χ2v) is 7.93. The van der Waals surface area contributed by atoms with Crippen LogP contribution in [-0.4, -0.2) is 40.5 Å². The third-order valence-corrected chi connectivity index (χ3v) is 4.23. The number of nitrogens with zero attached hydrogens (tertiary/aromatic N) is 2. The molecule has 7 nitrogen and oxygen atoms in total. The highest BCUT2D eigenvalue weighted by atomic mass is 35.5. The number of nitrogens with one attached hydrogen (secondary N) is 2. The first-order valence-electron chi connectivity index (χ1n) is 9.29. The largest absolute Gasteiger partial charge is 0.444 e. The first-order valence-corrected chi connectivity index (χ1v) is 9.67. The quantitative estimate of drug-likeness (QED) is 0.664. The van der Waals surface area contributed by atoms with Crippen LogP contribution in [-0.2, 0) is 11.3 Å². The summed E-state index contributed by atoms with van der Waals surface area (Å²) in [5.74, 6) is -0.659. The minimum Gasteiger partial charge on any atom is -0.444 e. The van der Waals surface area contributed by atoms with E-state index in [0.717, 1.165) is 5.56 Å².